The highest BCUT2D eigenvalue weighted by Crippen LogP contribution is 2.33. The summed E-state index contributed by atoms with van der Waals surface area (Å²) in [6.45, 7) is 0.235. The number of para-hydroxylation sites is 1. The van der Waals surface area contributed by atoms with Crippen LogP contribution >= 0.6 is 11.8 Å². The average molecular weight is 484 g/mol. The van der Waals surface area contributed by atoms with Crippen molar-refractivity contribution in [1.82, 2.24) is 4.90 Å². The number of benzene rings is 3. The number of halogens is 3. The van der Waals surface area contributed by atoms with E-state index in [2.05, 4.69) is 10.3 Å². The molecule has 0 aliphatic carbocycles. The molecule has 1 aliphatic heterocycles. The minimum Gasteiger partial charge on any atom is -0.325 e. The molecule has 0 radical (unpaired) electrons. The molecule has 1 atom stereocenters. The number of nitrogens with one attached hydrogen (secondary N) is 1. The highest BCUT2D eigenvalue weighted by molar-refractivity contribution is 8.15. The van der Waals surface area contributed by atoms with E-state index in [1.165, 1.54) is 17.0 Å². The van der Waals surface area contributed by atoms with Crippen molar-refractivity contribution in [2.75, 3.05) is 5.32 Å². The van der Waals surface area contributed by atoms with Crippen molar-refractivity contribution in [2.24, 2.45) is 4.99 Å². The molecule has 4 rings (SSSR count). The summed E-state index contributed by atoms with van der Waals surface area (Å²) in [4.78, 5) is 31.8. The fourth-order valence-electron chi connectivity index (χ4n) is 3.34. The number of carbonyl (C=O) groups excluding carboxylic acids is 2. The van der Waals surface area contributed by atoms with Crippen LogP contribution in [0.15, 0.2) is 89.9 Å². The van der Waals surface area contributed by atoms with Crippen molar-refractivity contribution in [3.8, 4) is 0 Å². The van der Waals surface area contributed by atoms with E-state index in [0.717, 1.165) is 29.5 Å². The monoisotopic (exact) mass is 483 g/mol. The van der Waals surface area contributed by atoms with E-state index < -0.39 is 17.0 Å². The topological polar surface area (TPSA) is 61.8 Å². The first-order valence-corrected chi connectivity index (χ1v) is 11.3. The molecular weight excluding hydrogens is 463 g/mol. The Labute approximate surface area is 198 Å². The minimum absolute atomic E-state index is 0.0256. The predicted molar refractivity (Wildman–Crippen MR) is 127 cm³/mol. The lowest BCUT2D eigenvalue weighted by molar-refractivity contribution is -0.137. The molecule has 3 aromatic rings. The number of alkyl halides is 3. The van der Waals surface area contributed by atoms with Crippen molar-refractivity contribution in [1.29, 1.82) is 0 Å². The number of anilines is 1. The molecule has 1 heterocycles. The molecule has 0 bridgehead atoms. The van der Waals surface area contributed by atoms with Crippen molar-refractivity contribution < 1.29 is 22.8 Å². The Balaban J connectivity index is 1.61. The molecule has 1 N–H and O–H groups in total. The smallest absolute Gasteiger partial charge is 0.325 e. The Morgan fingerprint density at radius 3 is 2.21 bits per heavy atom. The van der Waals surface area contributed by atoms with Crippen LogP contribution in [-0.2, 0) is 22.3 Å². The molecule has 3 aromatic carbocycles. The molecule has 9 heteroatoms. The van der Waals surface area contributed by atoms with Crippen LogP contribution in [0.25, 0.3) is 0 Å². The Bertz CT molecular complexity index is 1180. The third kappa shape index (κ3) is 5.85. The Morgan fingerprint density at radius 2 is 1.59 bits per heavy atom. The summed E-state index contributed by atoms with van der Waals surface area (Å²) in [5.41, 5.74) is 0.938. The fourth-order valence-corrected chi connectivity index (χ4v) is 4.44. The Morgan fingerprint density at radius 1 is 0.971 bits per heavy atom. The molecule has 2 amide bonds. The largest absolute Gasteiger partial charge is 0.416 e. The maximum atomic E-state index is 13.1. The van der Waals surface area contributed by atoms with Gasteiger partial charge in [-0.05, 0) is 42.0 Å². The summed E-state index contributed by atoms with van der Waals surface area (Å²) in [7, 11) is 0. The zero-order valence-corrected chi connectivity index (χ0v) is 18.6. The first-order chi connectivity index (χ1) is 16.3. The second-order valence-corrected chi connectivity index (χ2v) is 8.74. The van der Waals surface area contributed by atoms with Gasteiger partial charge in [0.15, 0.2) is 5.17 Å². The minimum atomic E-state index is -4.46. The molecule has 0 spiro atoms. The average Bonchev–Trinajstić information content (AvgIpc) is 2.82. The molecular formula is C25H20F3N3O2S. The number of carbonyl (C=O) groups is 2. The number of aliphatic imine (C=N–C) groups is 1. The lowest BCUT2D eigenvalue weighted by atomic mass is 10.2. The van der Waals surface area contributed by atoms with E-state index in [1.807, 2.05) is 36.4 Å². The molecule has 1 aliphatic rings. The standard InChI is InChI=1S/C25H20F3N3O2S/c26-25(27,28)18-11-13-20(14-12-18)30-24-31(16-17-7-3-1-4-8-17)22(32)15-21(34-24)23(33)29-19-9-5-2-6-10-19/h1-14,21H,15-16H2,(H,29,33)/t21-/m1/s1. The maximum Gasteiger partial charge on any atom is 0.416 e. The van der Waals surface area contributed by atoms with Gasteiger partial charge < -0.3 is 5.32 Å². The summed E-state index contributed by atoms with van der Waals surface area (Å²) in [5, 5.41) is 2.32. The van der Waals surface area contributed by atoms with Gasteiger partial charge in [-0.3, -0.25) is 14.5 Å². The van der Waals surface area contributed by atoms with Crippen LogP contribution in [0.4, 0.5) is 24.5 Å². The van der Waals surface area contributed by atoms with E-state index >= 15 is 0 Å². The number of hydrogen-bond donors (Lipinski definition) is 1. The molecule has 5 nitrogen and oxygen atoms in total. The van der Waals surface area contributed by atoms with Crippen molar-refractivity contribution in [2.45, 2.75) is 24.4 Å². The molecule has 34 heavy (non-hydrogen) atoms. The van der Waals surface area contributed by atoms with Gasteiger partial charge in [-0.1, -0.05) is 60.3 Å². The number of amides is 2. The summed E-state index contributed by atoms with van der Waals surface area (Å²) in [6.07, 6.45) is -4.48. The van der Waals surface area contributed by atoms with Crippen LogP contribution in [0.5, 0.6) is 0 Å². The van der Waals surface area contributed by atoms with Crippen LogP contribution in [0.2, 0.25) is 0 Å². The SMILES string of the molecule is O=C(Nc1ccccc1)[C@H]1CC(=O)N(Cc2ccccc2)C(=Nc2ccc(C(F)(F)F)cc2)S1. The van der Waals surface area contributed by atoms with E-state index in [0.29, 0.717) is 5.69 Å². The van der Waals surface area contributed by atoms with Crippen molar-refractivity contribution in [3.05, 3.63) is 96.1 Å². The third-order valence-corrected chi connectivity index (χ3v) is 6.26. The van der Waals surface area contributed by atoms with Gasteiger partial charge in [-0.15, -0.1) is 0 Å². The van der Waals surface area contributed by atoms with Gasteiger partial charge in [0.05, 0.1) is 17.8 Å². The van der Waals surface area contributed by atoms with Gasteiger partial charge >= 0.3 is 6.18 Å². The number of nitrogens with zero attached hydrogens (tertiary/aromatic N) is 2. The Hall–Kier alpha value is -3.59. The van der Waals surface area contributed by atoms with Gasteiger partial charge in [0.2, 0.25) is 11.8 Å². The van der Waals surface area contributed by atoms with Gasteiger partial charge in [0.25, 0.3) is 0 Å². The highest BCUT2D eigenvalue weighted by Gasteiger charge is 2.36. The first-order valence-electron chi connectivity index (χ1n) is 10.4. The van der Waals surface area contributed by atoms with Crippen LogP contribution in [0.1, 0.15) is 17.5 Å². The zero-order chi connectivity index (χ0) is 24.1. The van der Waals surface area contributed by atoms with Crippen LogP contribution < -0.4 is 5.32 Å². The Kier molecular flexibility index (Phi) is 7.02. The number of rotatable bonds is 5. The van der Waals surface area contributed by atoms with E-state index in [-0.39, 0.29) is 35.6 Å². The van der Waals surface area contributed by atoms with Gasteiger partial charge in [-0.25, -0.2) is 4.99 Å². The van der Waals surface area contributed by atoms with Gasteiger partial charge in [0.1, 0.15) is 5.25 Å². The van der Waals surface area contributed by atoms with Crippen LogP contribution in [-0.4, -0.2) is 27.1 Å². The zero-order valence-electron chi connectivity index (χ0n) is 17.8. The van der Waals surface area contributed by atoms with E-state index in [4.69, 9.17) is 0 Å². The van der Waals surface area contributed by atoms with Gasteiger partial charge in [-0.2, -0.15) is 13.2 Å². The molecule has 0 saturated carbocycles. The summed E-state index contributed by atoms with van der Waals surface area (Å²) in [5.74, 6) is -0.634. The molecule has 0 aromatic heterocycles. The number of amidine groups is 1. The summed E-state index contributed by atoms with van der Waals surface area (Å²) < 4.78 is 38.7. The van der Waals surface area contributed by atoms with Crippen molar-refractivity contribution >= 4 is 40.1 Å². The molecule has 0 unspecified atom stereocenters. The molecule has 174 valence electrons. The summed E-state index contributed by atoms with van der Waals surface area (Å²) >= 11 is 1.12. The molecule has 1 saturated heterocycles. The normalized spacial score (nSPS) is 17.6. The van der Waals surface area contributed by atoms with Gasteiger partial charge in [0, 0.05) is 12.1 Å². The quantitative estimate of drug-likeness (QED) is 0.494. The second kappa shape index (κ2) is 10.1. The van der Waals surface area contributed by atoms with Crippen LogP contribution in [0, 0.1) is 0 Å². The second-order valence-electron chi connectivity index (χ2n) is 7.57. The third-order valence-electron chi connectivity index (χ3n) is 5.08. The summed E-state index contributed by atoms with van der Waals surface area (Å²) in [6, 6.07) is 22.5. The predicted octanol–water partition coefficient (Wildman–Crippen LogP) is 5.87. The molecule has 1 fully saturated rings. The number of hydrogen-bond acceptors (Lipinski definition) is 4. The highest BCUT2D eigenvalue weighted by atomic mass is 32.2. The van der Waals surface area contributed by atoms with E-state index in [9.17, 15) is 22.8 Å². The lowest BCUT2D eigenvalue weighted by Crippen LogP contribution is -2.44. The van der Waals surface area contributed by atoms with Crippen molar-refractivity contribution in [3.63, 3.8) is 0 Å². The fraction of sp³-hybridized carbons (Fsp3) is 0.160. The maximum absolute atomic E-state index is 13.1. The van der Waals surface area contributed by atoms with Crippen LogP contribution in [0.3, 0.4) is 0 Å². The first kappa shape index (κ1) is 23.6. The van der Waals surface area contributed by atoms with E-state index in [1.54, 1.807) is 24.3 Å². The lowest BCUT2D eigenvalue weighted by Gasteiger charge is -2.32. The number of thioether (sulfide) groups is 1.